The van der Waals surface area contributed by atoms with Gasteiger partial charge in [0, 0.05) is 0 Å². The zero-order valence-corrected chi connectivity index (χ0v) is 8.35. The molecule has 1 saturated heterocycles. The molecule has 16 heavy (non-hydrogen) atoms. The number of hydrogen-bond acceptors (Lipinski definition) is 4. The Morgan fingerprint density at radius 1 is 1.31 bits per heavy atom. The first-order chi connectivity index (χ1) is 7.63. The molecule has 6 heteroatoms. The van der Waals surface area contributed by atoms with E-state index in [0.29, 0.717) is 11.4 Å². The van der Waals surface area contributed by atoms with Gasteiger partial charge in [0.15, 0.2) is 0 Å². The Morgan fingerprint density at radius 3 is 2.56 bits per heavy atom. The third kappa shape index (κ3) is 1.47. The van der Waals surface area contributed by atoms with Crippen molar-refractivity contribution < 1.29 is 14.4 Å². The number of rotatable bonds is 2. The number of nitrogens with one attached hydrogen (secondary N) is 1. The van der Waals surface area contributed by atoms with Crippen LogP contribution >= 0.6 is 0 Å². The summed E-state index contributed by atoms with van der Waals surface area (Å²) in [6.07, 6.45) is 1.42. The second kappa shape index (κ2) is 3.60. The highest BCUT2D eigenvalue weighted by Crippen LogP contribution is 2.27. The Hall–Kier alpha value is -2.46. The highest BCUT2D eigenvalue weighted by atomic mass is 16.2. The summed E-state index contributed by atoms with van der Waals surface area (Å²) >= 11 is 0. The van der Waals surface area contributed by atoms with Crippen LogP contribution in [0.25, 0.3) is 0 Å². The molecule has 0 bridgehead atoms. The maximum atomic E-state index is 11.1. The molecule has 0 radical (unpaired) electrons. The summed E-state index contributed by atoms with van der Waals surface area (Å²) < 4.78 is 0. The molecule has 4 amide bonds. The molecule has 1 aromatic carbocycles. The van der Waals surface area contributed by atoms with Gasteiger partial charge in [-0.05, 0) is 24.6 Å². The number of urea groups is 2. The van der Waals surface area contributed by atoms with Crippen LogP contribution in [0.15, 0.2) is 23.2 Å². The lowest BCUT2D eigenvalue weighted by Gasteiger charge is -2.28. The Balaban J connectivity index is 2.43. The van der Waals surface area contributed by atoms with Crippen LogP contribution in [0.2, 0.25) is 0 Å². The zero-order chi connectivity index (χ0) is 11.7. The average molecular weight is 217 g/mol. The first-order valence-corrected chi connectivity index (χ1v) is 4.47. The van der Waals surface area contributed by atoms with Crippen molar-refractivity contribution in [2.45, 2.75) is 6.92 Å². The number of carbonyl (C=O) groups is 2. The van der Waals surface area contributed by atoms with E-state index in [9.17, 15) is 14.4 Å². The molecule has 1 N–H and O–H groups in total. The topological polar surface area (TPSA) is 78.8 Å². The number of nitrogens with zero attached hydrogens (tertiary/aromatic N) is 2. The van der Waals surface area contributed by atoms with E-state index in [1.54, 1.807) is 19.1 Å². The highest BCUT2D eigenvalue weighted by Gasteiger charge is 2.35. The Labute approximate surface area is 90.6 Å². The lowest BCUT2D eigenvalue weighted by atomic mass is 10.1. The summed E-state index contributed by atoms with van der Waals surface area (Å²) in [5.74, 6) is 0. The molecular weight excluding hydrogens is 210 g/mol. The number of benzene rings is 1. The fraction of sp³-hybridized carbons (Fsp3) is 0.100. The van der Waals surface area contributed by atoms with Gasteiger partial charge >= 0.3 is 12.1 Å². The number of aliphatic imine (C=N–C) groups is 1. The van der Waals surface area contributed by atoms with Crippen molar-refractivity contribution in [3.63, 3.8) is 0 Å². The van der Waals surface area contributed by atoms with E-state index in [2.05, 4.69) is 10.3 Å². The lowest BCUT2D eigenvalue weighted by molar-refractivity contribution is 0.218. The van der Waals surface area contributed by atoms with Crippen LogP contribution < -0.4 is 10.2 Å². The molecule has 1 aliphatic heterocycles. The van der Waals surface area contributed by atoms with Crippen LogP contribution in [0.5, 0.6) is 0 Å². The van der Waals surface area contributed by atoms with Gasteiger partial charge in [-0.1, -0.05) is 6.07 Å². The van der Waals surface area contributed by atoms with Crippen LogP contribution in [-0.4, -0.2) is 18.1 Å². The number of hydrogen-bond donors (Lipinski definition) is 1. The fourth-order valence-electron chi connectivity index (χ4n) is 1.38. The van der Waals surface area contributed by atoms with Crippen molar-refractivity contribution >= 4 is 29.5 Å². The third-order valence-corrected chi connectivity index (χ3v) is 2.24. The number of isocyanates is 1. The molecule has 0 atom stereocenters. The van der Waals surface area contributed by atoms with E-state index in [1.165, 1.54) is 12.1 Å². The molecular formula is C10H7N3O3. The summed E-state index contributed by atoms with van der Waals surface area (Å²) in [5, 5.41) is 2.06. The molecule has 80 valence electrons. The van der Waals surface area contributed by atoms with Gasteiger partial charge in [0.2, 0.25) is 6.08 Å². The van der Waals surface area contributed by atoms with Gasteiger partial charge in [0.25, 0.3) is 0 Å². The fourth-order valence-corrected chi connectivity index (χ4v) is 1.38. The van der Waals surface area contributed by atoms with Crippen molar-refractivity contribution in [3.8, 4) is 0 Å². The van der Waals surface area contributed by atoms with Gasteiger partial charge in [-0.25, -0.2) is 19.3 Å². The van der Waals surface area contributed by atoms with E-state index in [0.717, 1.165) is 10.5 Å². The van der Waals surface area contributed by atoms with E-state index in [-0.39, 0.29) is 0 Å². The lowest BCUT2D eigenvalue weighted by Crippen LogP contribution is -2.61. The van der Waals surface area contributed by atoms with Gasteiger partial charge in [-0.3, -0.25) is 5.32 Å². The smallest absolute Gasteiger partial charge is 0.258 e. The number of anilines is 1. The molecule has 1 fully saturated rings. The molecule has 6 nitrogen and oxygen atoms in total. The van der Waals surface area contributed by atoms with E-state index in [1.807, 2.05) is 0 Å². The largest absolute Gasteiger partial charge is 0.338 e. The molecule has 0 saturated carbocycles. The predicted octanol–water partition coefficient (Wildman–Crippen LogP) is 1.61. The molecule has 2 rings (SSSR count). The van der Waals surface area contributed by atoms with Crippen molar-refractivity contribution in [1.82, 2.24) is 5.32 Å². The van der Waals surface area contributed by atoms with Gasteiger partial charge in [0.05, 0.1) is 11.4 Å². The summed E-state index contributed by atoms with van der Waals surface area (Å²) in [6.45, 7) is 1.76. The summed E-state index contributed by atoms with van der Waals surface area (Å²) in [4.78, 5) is 36.8. The van der Waals surface area contributed by atoms with Gasteiger partial charge in [-0.15, -0.1) is 0 Å². The molecule has 0 aliphatic carbocycles. The maximum Gasteiger partial charge on any atom is 0.338 e. The van der Waals surface area contributed by atoms with E-state index < -0.39 is 12.1 Å². The molecule has 1 heterocycles. The first-order valence-electron chi connectivity index (χ1n) is 4.47. The van der Waals surface area contributed by atoms with Gasteiger partial charge in [-0.2, -0.15) is 4.99 Å². The maximum absolute atomic E-state index is 11.1. The predicted molar refractivity (Wildman–Crippen MR) is 55.4 cm³/mol. The highest BCUT2D eigenvalue weighted by molar-refractivity contribution is 6.28. The zero-order valence-electron chi connectivity index (χ0n) is 8.35. The van der Waals surface area contributed by atoms with E-state index in [4.69, 9.17) is 0 Å². The number of aryl methyl sites for hydroxylation is 1. The molecule has 0 unspecified atom stereocenters. The minimum absolute atomic E-state index is 0.383. The normalized spacial score (nSPS) is 13.9. The second-order valence-electron chi connectivity index (χ2n) is 3.24. The average Bonchev–Trinajstić information content (AvgIpc) is 2.23. The first kappa shape index (κ1) is 10.1. The molecule has 1 aromatic rings. The minimum atomic E-state index is -0.491. The Morgan fingerprint density at radius 2 is 2.00 bits per heavy atom. The van der Waals surface area contributed by atoms with Crippen LogP contribution in [0.1, 0.15) is 5.56 Å². The Kier molecular flexibility index (Phi) is 2.27. The van der Waals surface area contributed by atoms with Crippen LogP contribution in [0, 0.1) is 6.92 Å². The molecule has 0 spiro atoms. The van der Waals surface area contributed by atoms with Gasteiger partial charge < -0.3 is 0 Å². The van der Waals surface area contributed by atoms with Crippen LogP contribution in [-0.2, 0) is 4.79 Å². The molecule has 1 aliphatic rings. The molecule has 0 aromatic heterocycles. The minimum Gasteiger partial charge on any atom is -0.258 e. The third-order valence-electron chi connectivity index (χ3n) is 2.24. The second-order valence-corrected chi connectivity index (χ2v) is 3.24. The van der Waals surface area contributed by atoms with Gasteiger partial charge in [0.1, 0.15) is 0 Å². The SMILES string of the molecule is Cc1ccc(N2C(=O)NC2=O)cc1N=C=O. The summed E-state index contributed by atoms with van der Waals surface area (Å²) in [7, 11) is 0. The monoisotopic (exact) mass is 217 g/mol. The van der Waals surface area contributed by atoms with E-state index >= 15 is 0 Å². The van der Waals surface area contributed by atoms with Crippen molar-refractivity contribution in [2.24, 2.45) is 4.99 Å². The van der Waals surface area contributed by atoms with Crippen molar-refractivity contribution in [2.75, 3.05) is 4.90 Å². The Bertz CT molecular complexity index is 518. The van der Waals surface area contributed by atoms with Crippen LogP contribution in [0.3, 0.4) is 0 Å². The summed E-state index contributed by atoms with van der Waals surface area (Å²) in [6, 6.07) is 3.78. The number of carbonyl (C=O) groups excluding carboxylic acids is 3. The van der Waals surface area contributed by atoms with Crippen molar-refractivity contribution in [3.05, 3.63) is 23.8 Å². The van der Waals surface area contributed by atoms with Crippen LogP contribution in [0.4, 0.5) is 21.0 Å². The van der Waals surface area contributed by atoms with Crippen molar-refractivity contribution in [1.29, 1.82) is 0 Å². The quantitative estimate of drug-likeness (QED) is 0.603. The standard InChI is InChI=1S/C10H7N3O3/c1-6-2-3-7(4-8(6)11-5-14)13-9(15)12-10(13)16/h2-4H,1H3,(H,12,15,16). The number of amides is 4. The number of imide groups is 2. The summed E-state index contributed by atoms with van der Waals surface area (Å²) in [5.41, 5.74) is 1.54.